The van der Waals surface area contributed by atoms with Gasteiger partial charge in [0.15, 0.2) is 5.82 Å². The summed E-state index contributed by atoms with van der Waals surface area (Å²) in [6.07, 6.45) is 7.12. The second-order valence-corrected chi connectivity index (χ2v) is 6.60. The van der Waals surface area contributed by atoms with Crippen molar-refractivity contribution < 1.29 is 0 Å². The standard InChI is InChI=1S/C16H22N6/c1-10(2)15-20-14-7-6-11(8-22(14)21-15)19-16-12-4-3-5-13(12)17-9-18-16/h9-11H,3-8H2,1-2H3,(H,17,18,19)/t11-/m1/s1. The minimum absolute atomic E-state index is 0.369. The molecule has 1 aliphatic heterocycles. The van der Waals surface area contributed by atoms with Crippen LogP contribution < -0.4 is 5.32 Å². The molecule has 3 heterocycles. The summed E-state index contributed by atoms with van der Waals surface area (Å²) in [6.45, 7) is 5.15. The summed E-state index contributed by atoms with van der Waals surface area (Å²) in [4.78, 5) is 13.5. The molecule has 0 saturated carbocycles. The maximum atomic E-state index is 4.65. The lowest BCUT2D eigenvalue weighted by Crippen LogP contribution is -2.32. The van der Waals surface area contributed by atoms with Gasteiger partial charge in [-0.15, -0.1) is 0 Å². The molecule has 0 aromatic carbocycles. The molecule has 0 saturated heterocycles. The van der Waals surface area contributed by atoms with Crippen LogP contribution in [0, 0.1) is 0 Å². The van der Waals surface area contributed by atoms with E-state index in [1.54, 1.807) is 6.33 Å². The highest BCUT2D eigenvalue weighted by Gasteiger charge is 2.24. The van der Waals surface area contributed by atoms with E-state index in [-0.39, 0.29) is 0 Å². The number of nitrogens with zero attached hydrogens (tertiary/aromatic N) is 5. The van der Waals surface area contributed by atoms with Crippen LogP contribution in [0.4, 0.5) is 5.82 Å². The molecule has 0 spiro atoms. The van der Waals surface area contributed by atoms with E-state index in [9.17, 15) is 0 Å². The molecule has 2 aliphatic rings. The van der Waals surface area contributed by atoms with Crippen LogP contribution in [0.5, 0.6) is 0 Å². The van der Waals surface area contributed by atoms with Gasteiger partial charge in [0, 0.05) is 29.6 Å². The minimum atomic E-state index is 0.369. The van der Waals surface area contributed by atoms with Crippen molar-refractivity contribution in [3.8, 4) is 0 Å². The molecule has 6 nitrogen and oxygen atoms in total. The van der Waals surface area contributed by atoms with Gasteiger partial charge in [0.25, 0.3) is 0 Å². The van der Waals surface area contributed by atoms with Gasteiger partial charge >= 0.3 is 0 Å². The summed E-state index contributed by atoms with van der Waals surface area (Å²) in [5.74, 6) is 3.49. The van der Waals surface area contributed by atoms with Gasteiger partial charge in [0.2, 0.25) is 0 Å². The molecule has 0 amide bonds. The molecule has 1 atom stereocenters. The van der Waals surface area contributed by atoms with Crippen LogP contribution in [0.1, 0.15) is 55.5 Å². The molecular weight excluding hydrogens is 276 g/mol. The number of nitrogens with one attached hydrogen (secondary N) is 1. The quantitative estimate of drug-likeness (QED) is 0.940. The molecule has 6 heteroatoms. The van der Waals surface area contributed by atoms with Crippen LogP contribution in [-0.4, -0.2) is 30.8 Å². The van der Waals surface area contributed by atoms with E-state index < -0.39 is 0 Å². The van der Waals surface area contributed by atoms with Crippen LogP contribution in [-0.2, 0) is 25.8 Å². The molecule has 22 heavy (non-hydrogen) atoms. The molecule has 0 radical (unpaired) electrons. The van der Waals surface area contributed by atoms with E-state index in [2.05, 4.69) is 43.9 Å². The number of fused-ring (bicyclic) bond motifs is 2. The number of aromatic nitrogens is 5. The highest BCUT2D eigenvalue weighted by molar-refractivity contribution is 5.48. The van der Waals surface area contributed by atoms with E-state index in [1.807, 2.05) is 0 Å². The fourth-order valence-corrected chi connectivity index (χ4v) is 3.37. The zero-order chi connectivity index (χ0) is 15.1. The van der Waals surface area contributed by atoms with Crippen LogP contribution >= 0.6 is 0 Å². The van der Waals surface area contributed by atoms with E-state index in [1.165, 1.54) is 17.7 Å². The molecule has 116 valence electrons. The smallest absolute Gasteiger partial charge is 0.153 e. The zero-order valence-corrected chi connectivity index (χ0v) is 13.2. The van der Waals surface area contributed by atoms with Crippen molar-refractivity contribution in [2.45, 2.75) is 64.5 Å². The Balaban J connectivity index is 1.52. The average molecular weight is 298 g/mol. The van der Waals surface area contributed by atoms with Gasteiger partial charge in [0.1, 0.15) is 18.0 Å². The summed E-state index contributed by atoms with van der Waals surface area (Å²) in [5.41, 5.74) is 2.53. The molecule has 2 aromatic heterocycles. The van der Waals surface area contributed by atoms with Crippen molar-refractivity contribution >= 4 is 5.82 Å². The van der Waals surface area contributed by atoms with Crippen LogP contribution in [0.25, 0.3) is 0 Å². The fourth-order valence-electron chi connectivity index (χ4n) is 3.37. The fraction of sp³-hybridized carbons (Fsp3) is 0.625. The van der Waals surface area contributed by atoms with Crippen molar-refractivity contribution in [1.29, 1.82) is 0 Å². The van der Waals surface area contributed by atoms with Gasteiger partial charge in [0.05, 0.1) is 6.54 Å². The summed E-state index contributed by atoms with van der Waals surface area (Å²) in [6, 6.07) is 0.369. The predicted molar refractivity (Wildman–Crippen MR) is 83.9 cm³/mol. The molecule has 0 unspecified atom stereocenters. The molecule has 0 fully saturated rings. The second-order valence-electron chi connectivity index (χ2n) is 6.60. The molecular formula is C16H22N6. The Labute approximate surface area is 130 Å². The van der Waals surface area contributed by atoms with E-state index in [0.717, 1.165) is 49.7 Å². The van der Waals surface area contributed by atoms with Crippen molar-refractivity contribution in [2.75, 3.05) is 5.32 Å². The normalized spacial score (nSPS) is 20.0. The van der Waals surface area contributed by atoms with E-state index >= 15 is 0 Å². The topological polar surface area (TPSA) is 68.5 Å². The second kappa shape index (κ2) is 5.34. The third-order valence-electron chi connectivity index (χ3n) is 4.61. The Hall–Kier alpha value is -1.98. The van der Waals surface area contributed by atoms with E-state index in [0.29, 0.717) is 12.0 Å². The molecule has 2 aromatic rings. The van der Waals surface area contributed by atoms with E-state index in [4.69, 9.17) is 0 Å². The molecule has 4 rings (SSSR count). The van der Waals surface area contributed by atoms with Crippen LogP contribution in [0.3, 0.4) is 0 Å². The third-order valence-corrected chi connectivity index (χ3v) is 4.61. The average Bonchev–Trinajstić information content (AvgIpc) is 3.13. The molecule has 1 N–H and O–H groups in total. The van der Waals surface area contributed by atoms with Crippen LogP contribution in [0.2, 0.25) is 0 Å². The Bertz CT molecular complexity index is 690. The Kier molecular flexibility index (Phi) is 3.32. The van der Waals surface area contributed by atoms with Crippen molar-refractivity contribution in [3.05, 3.63) is 29.2 Å². The first-order valence-corrected chi connectivity index (χ1v) is 8.23. The summed E-state index contributed by atoms with van der Waals surface area (Å²) in [7, 11) is 0. The Morgan fingerprint density at radius 2 is 2.14 bits per heavy atom. The zero-order valence-electron chi connectivity index (χ0n) is 13.2. The highest BCUT2D eigenvalue weighted by Crippen LogP contribution is 2.27. The predicted octanol–water partition coefficient (Wildman–Crippen LogP) is 2.11. The summed E-state index contributed by atoms with van der Waals surface area (Å²) >= 11 is 0. The number of rotatable bonds is 3. The monoisotopic (exact) mass is 298 g/mol. The van der Waals surface area contributed by atoms with Gasteiger partial charge in [-0.05, 0) is 25.7 Å². The maximum absolute atomic E-state index is 4.65. The SMILES string of the molecule is CC(C)c1nc2n(n1)C[C@H](Nc1ncnc3c1CCC3)CC2. The third kappa shape index (κ3) is 2.36. The number of aryl methyl sites for hydroxylation is 2. The van der Waals surface area contributed by atoms with Gasteiger partial charge in [-0.2, -0.15) is 5.10 Å². The maximum Gasteiger partial charge on any atom is 0.153 e. The number of hydrogen-bond acceptors (Lipinski definition) is 5. The lowest BCUT2D eigenvalue weighted by molar-refractivity contribution is 0.439. The Morgan fingerprint density at radius 1 is 1.23 bits per heavy atom. The minimum Gasteiger partial charge on any atom is -0.365 e. The lowest BCUT2D eigenvalue weighted by Gasteiger charge is -2.24. The van der Waals surface area contributed by atoms with Crippen molar-refractivity contribution in [2.24, 2.45) is 0 Å². The molecule has 1 aliphatic carbocycles. The lowest BCUT2D eigenvalue weighted by atomic mass is 10.1. The van der Waals surface area contributed by atoms with Gasteiger partial charge in [-0.3, -0.25) is 0 Å². The Morgan fingerprint density at radius 3 is 3.00 bits per heavy atom. The molecule has 0 bridgehead atoms. The number of hydrogen-bond donors (Lipinski definition) is 1. The van der Waals surface area contributed by atoms with Crippen LogP contribution in [0.15, 0.2) is 6.33 Å². The first-order chi connectivity index (χ1) is 10.7. The summed E-state index contributed by atoms with van der Waals surface area (Å²) < 4.78 is 2.07. The van der Waals surface area contributed by atoms with Gasteiger partial charge in [-0.1, -0.05) is 13.8 Å². The first-order valence-electron chi connectivity index (χ1n) is 8.23. The van der Waals surface area contributed by atoms with Crippen molar-refractivity contribution in [1.82, 2.24) is 24.7 Å². The largest absolute Gasteiger partial charge is 0.365 e. The first kappa shape index (κ1) is 13.7. The number of anilines is 1. The summed E-state index contributed by atoms with van der Waals surface area (Å²) in [5, 5.41) is 8.27. The van der Waals surface area contributed by atoms with Gasteiger partial charge in [-0.25, -0.2) is 19.6 Å². The van der Waals surface area contributed by atoms with Gasteiger partial charge < -0.3 is 5.32 Å². The van der Waals surface area contributed by atoms with Crippen molar-refractivity contribution in [3.63, 3.8) is 0 Å². The highest BCUT2D eigenvalue weighted by atomic mass is 15.4.